The first-order valence-electron chi connectivity index (χ1n) is 5.85. The minimum absolute atomic E-state index is 0.468. The van der Waals surface area contributed by atoms with Gasteiger partial charge in [-0.05, 0) is 60.5 Å². The number of halogens is 1. The van der Waals surface area contributed by atoms with E-state index in [4.69, 9.17) is 0 Å². The molecule has 0 bridgehead atoms. The maximum atomic E-state index is 3.61. The zero-order valence-corrected chi connectivity index (χ0v) is 12.7. The van der Waals surface area contributed by atoms with Crippen LogP contribution in [0.1, 0.15) is 31.2 Å². The summed E-state index contributed by atoms with van der Waals surface area (Å²) in [6, 6.07) is 2.59. The molecule has 0 spiro atoms. The number of nitrogens with one attached hydrogen (secondary N) is 1. The molecule has 1 aromatic heterocycles. The molecule has 4 heteroatoms. The van der Waals surface area contributed by atoms with Crippen LogP contribution in [0.25, 0.3) is 0 Å². The summed E-state index contributed by atoms with van der Waals surface area (Å²) in [4.78, 5) is 3.88. The van der Waals surface area contributed by atoms with Gasteiger partial charge >= 0.3 is 0 Å². The molecular weight excluding hydrogens is 284 g/mol. The Kier molecular flexibility index (Phi) is 6.58. The second kappa shape index (κ2) is 7.43. The van der Waals surface area contributed by atoms with Crippen molar-refractivity contribution >= 4 is 27.3 Å². The van der Waals surface area contributed by atoms with Gasteiger partial charge in [-0.2, -0.15) is 0 Å². The van der Waals surface area contributed by atoms with Gasteiger partial charge in [-0.1, -0.05) is 13.8 Å². The van der Waals surface area contributed by atoms with Crippen LogP contribution in [0.15, 0.2) is 15.9 Å². The first-order valence-corrected chi connectivity index (χ1v) is 7.52. The van der Waals surface area contributed by atoms with E-state index in [1.165, 1.54) is 9.35 Å². The number of thiophene rings is 1. The normalized spacial score (nSPS) is 13.3. The zero-order valence-electron chi connectivity index (χ0n) is 10.3. The van der Waals surface area contributed by atoms with Gasteiger partial charge in [0.15, 0.2) is 0 Å². The molecule has 0 aliphatic heterocycles. The van der Waals surface area contributed by atoms with Gasteiger partial charge in [0.1, 0.15) is 0 Å². The van der Waals surface area contributed by atoms with Gasteiger partial charge in [0.2, 0.25) is 0 Å². The molecule has 1 unspecified atom stereocenters. The van der Waals surface area contributed by atoms with Crippen molar-refractivity contribution in [2.24, 2.45) is 0 Å². The summed E-state index contributed by atoms with van der Waals surface area (Å²) in [5, 5.41) is 5.54. The first-order chi connectivity index (χ1) is 7.72. The van der Waals surface area contributed by atoms with Gasteiger partial charge in [0.05, 0.1) is 0 Å². The Labute approximate surface area is 111 Å². The molecule has 0 saturated heterocycles. The molecule has 1 heterocycles. The molecule has 1 atom stereocenters. The summed E-state index contributed by atoms with van der Waals surface area (Å²) in [7, 11) is 2.04. The van der Waals surface area contributed by atoms with Crippen LogP contribution in [-0.4, -0.2) is 31.6 Å². The van der Waals surface area contributed by atoms with Crippen molar-refractivity contribution in [2.45, 2.75) is 26.3 Å². The maximum Gasteiger partial charge on any atom is 0.0436 e. The minimum atomic E-state index is 0.468. The fourth-order valence-corrected chi connectivity index (χ4v) is 3.61. The molecule has 1 rings (SSSR count). The van der Waals surface area contributed by atoms with E-state index in [0.29, 0.717) is 6.04 Å². The first kappa shape index (κ1) is 14.2. The van der Waals surface area contributed by atoms with E-state index in [-0.39, 0.29) is 0 Å². The van der Waals surface area contributed by atoms with Gasteiger partial charge in [-0.3, -0.25) is 0 Å². The Balaban J connectivity index is 2.53. The fourth-order valence-electron chi connectivity index (χ4n) is 1.81. The van der Waals surface area contributed by atoms with E-state index in [1.54, 1.807) is 0 Å². The Morgan fingerprint density at radius 3 is 2.56 bits per heavy atom. The topological polar surface area (TPSA) is 15.3 Å². The van der Waals surface area contributed by atoms with E-state index >= 15 is 0 Å². The highest BCUT2D eigenvalue weighted by Crippen LogP contribution is 2.30. The summed E-state index contributed by atoms with van der Waals surface area (Å²) < 4.78 is 1.23. The number of nitrogens with zero attached hydrogens (tertiary/aromatic N) is 1. The lowest BCUT2D eigenvalue weighted by atomic mass is 10.1. The summed E-state index contributed by atoms with van der Waals surface area (Å²) in [6.45, 7) is 7.87. The highest BCUT2D eigenvalue weighted by Gasteiger charge is 2.14. The van der Waals surface area contributed by atoms with Crippen molar-refractivity contribution in [1.82, 2.24) is 10.2 Å². The smallest absolute Gasteiger partial charge is 0.0436 e. The van der Waals surface area contributed by atoms with Crippen LogP contribution in [-0.2, 0) is 0 Å². The van der Waals surface area contributed by atoms with E-state index in [2.05, 4.69) is 51.4 Å². The van der Waals surface area contributed by atoms with Crippen LogP contribution in [0.5, 0.6) is 0 Å². The van der Waals surface area contributed by atoms with Crippen molar-refractivity contribution in [1.29, 1.82) is 0 Å². The zero-order chi connectivity index (χ0) is 12.0. The molecular formula is C12H21BrN2S. The summed E-state index contributed by atoms with van der Waals surface area (Å²) in [5.74, 6) is 0. The molecule has 0 amide bonds. The number of rotatable bonds is 7. The summed E-state index contributed by atoms with van der Waals surface area (Å²) in [5.41, 5.74) is 0. The molecule has 0 radical (unpaired) electrons. The standard InChI is InChI=1S/C12H21BrN2S/c1-4-15(5-2)8-6-11(14-3)12-10(13)7-9-16-12/h7,9,11,14H,4-6,8H2,1-3H3. The molecule has 92 valence electrons. The van der Waals surface area contributed by atoms with Gasteiger partial charge in [-0.25, -0.2) is 0 Å². The third-order valence-corrected chi connectivity index (χ3v) is 4.92. The molecule has 1 aromatic rings. The number of hydrogen-bond donors (Lipinski definition) is 1. The van der Waals surface area contributed by atoms with Gasteiger partial charge in [0.25, 0.3) is 0 Å². The Hall–Kier alpha value is 0.100. The Morgan fingerprint density at radius 2 is 2.12 bits per heavy atom. The summed E-state index contributed by atoms with van der Waals surface area (Å²) in [6.07, 6.45) is 1.16. The van der Waals surface area contributed by atoms with E-state index in [9.17, 15) is 0 Å². The monoisotopic (exact) mass is 304 g/mol. The lowest BCUT2D eigenvalue weighted by Crippen LogP contribution is -2.28. The largest absolute Gasteiger partial charge is 0.312 e. The highest BCUT2D eigenvalue weighted by molar-refractivity contribution is 9.10. The fraction of sp³-hybridized carbons (Fsp3) is 0.667. The predicted molar refractivity (Wildman–Crippen MR) is 76.2 cm³/mol. The number of hydrogen-bond acceptors (Lipinski definition) is 3. The average Bonchev–Trinajstić information content (AvgIpc) is 2.71. The lowest BCUT2D eigenvalue weighted by Gasteiger charge is -2.22. The van der Waals surface area contributed by atoms with Crippen LogP contribution in [0, 0.1) is 0 Å². The van der Waals surface area contributed by atoms with Crippen molar-refractivity contribution in [3.63, 3.8) is 0 Å². The maximum absolute atomic E-state index is 3.61. The minimum Gasteiger partial charge on any atom is -0.312 e. The summed E-state index contributed by atoms with van der Waals surface area (Å²) >= 11 is 5.43. The molecule has 16 heavy (non-hydrogen) atoms. The molecule has 0 aliphatic carbocycles. The molecule has 1 N–H and O–H groups in total. The SMILES string of the molecule is CCN(CC)CCC(NC)c1sccc1Br. The van der Waals surface area contributed by atoms with Crippen LogP contribution < -0.4 is 5.32 Å². The van der Waals surface area contributed by atoms with Crippen LogP contribution in [0.4, 0.5) is 0 Å². The van der Waals surface area contributed by atoms with Gasteiger partial charge in [0, 0.05) is 15.4 Å². The molecule has 0 aromatic carbocycles. The van der Waals surface area contributed by atoms with Crippen molar-refractivity contribution in [2.75, 3.05) is 26.7 Å². The van der Waals surface area contributed by atoms with Crippen molar-refractivity contribution < 1.29 is 0 Å². The molecule has 0 fully saturated rings. The van der Waals surface area contributed by atoms with Crippen molar-refractivity contribution in [3.05, 3.63) is 20.8 Å². The van der Waals surface area contributed by atoms with E-state index < -0.39 is 0 Å². The van der Waals surface area contributed by atoms with Gasteiger partial charge in [-0.15, -0.1) is 11.3 Å². The predicted octanol–water partition coefficient (Wildman–Crippen LogP) is 3.50. The molecule has 2 nitrogen and oxygen atoms in total. The highest BCUT2D eigenvalue weighted by atomic mass is 79.9. The van der Waals surface area contributed by atoms with Gasteiger partial charge < -0.3 is 10.2 Å². The molecule has 0 saturated carbocycles. The lowest BCUT2D eigenvalue weighted by molar-refractivity contribution is 0.285. The van der Waals surface area contributed by atoms with Crippen LogP contribution in [0.2, 0.25) is 0 Å². The van der Waals surface area contributed by atoms with Crippen molar-refractivity contribution in [3.8, 4) is 0 Å². The quantitative estimate of drug-likeness (QED) is 0.829. The molecule has 0 aliphatic rings. The van der Waals surface area contributed by atoms with Crippen LogP contribution in [0.3, 0.4) is 0 Å². The third kappa shape index (κ3) is 3.84. The third-order valence-electron chi connectivity index (χ3n) is 2.94. The van der Waals surface area contributed by atoms with E-state index in [1.807, 2.05) is 18.4 Å². The average molecular weight is 305 g/mol. The Bertz CT molecular complexity index is 297. The van der Waals surface area contributed by atoms with Crippen LogP contribution >= 0.6 is 27.3 Å². The second-order valence-electron chi connectivity index (χ2n) is 3.79. The van der Waals surface area contributed by atoms with E-state index in [0.717, 1.165) is 26.1 Å². The second-order valence-corrected chi connectivity index (χ2v) is 5.59. The Morgan fingerprint density at radius 1 is 1.44 bits per heavy atom.